The number of alkyl halides is 6. The van der Waals surface area contributed by atoms with E-state index >= 15 is 0 Å². The van der Waals surface area contributed by atoms with Crippen molar-refractivity contribution in [3.63, 3.8) is 0 Å². The molecule has 0 aromatic rings. The molecule has 15 heteroatoms. The third-order valence-electron chi connectivity index (χ3n) is 12.3. The minimum atomic E-state index is -4.85. The largest absolute Gasteiger partial charge is 0.456 e. The van der Waals surface area contributed by atoms with Crippen LogP contribution in [0.25, 0.3) is 0 Å². The molecule has 0 amide bonds. The first-order chi connectivity index (χ1) is 22.0. The van der Waals surface area contributed by atoms with E-state index in [1.165, 1.54) is 0 Å². The van der Waals surface area contributed by atoms with Gasteiger partial charge < -0.3 is 18.9 Å². The van der Waals surface area contributed by atoms with Gasteiger partial charge in [-0.05, 0) is 75.4 Å². The van der Waals surface area contributed by atoms with E-state index in [2.05, 4.69) is 0 Å². The summed E-state index contributed by atoms with van der Waals surface area (Å²) in [6.07, 6.45) is -8.26. The fourth-order valence-electron chi connectivity index (χ4n) is 10.1. The van der Waals surface area contributed by atoms with Gasteiger partial charge in [0, 0.05) is 48.0 Å². The number of hydrogen-bond acceptors (Lipinski definition) is 9. The smallest absolute Gasteiger partial charge is 0.449 e. The van der Waals surface area contributed by atoms with Crippen LogP contribution in [-0.2, 0) is 38.5 Å². The van der Waals surface area contributed by atoms with Gasteiger partial charge in [0.05, 0.1) is 0 Å². The third-order valence-corrected chi connectivity index (χ3v) is 13.4. The van der Waals surface area contributed by atoms with Crippen LogP contribution in [0.5, 0.6) is 0 Å². The molecule has 6 saturated heterocycles. The lowest BCUT2D eigenvalue weighted by molar-refractivity contribution is -0.557. The molecule has 2 unspecified atom stereocenters. The standard InChI is InChI=1S/C32H40F6O8S/c1-15-5-7-21-17(23(31(33,34)35)39-25-29(21)19(15)9-11-27(3,41-25)43-45-29)13-47-14-18-22-8-6-16(2)20-10-12-28(4)42-26(30(20,22)46-44-28)40-24(18)32(36,37)38/h15-16,19-22,25-26H,5-14H2,1-4H3/t15-,16-,19?,20?,21+,22+,25-,26-,27-,28+,29-,30-/m1/s1. The highest BCUT2D eigenvalue weighted by molar-refractivity contribution is 7.99. The van der Waals surface area contributed by atoms with E-state index < -0.39 is 71.1 Å². The van der Waals surface area contributed by atoms with Gasteiger partial charge in [0.1, 0.15) is 0 Å². The van der Waals surface area contributed by atoms with E-state index in [4.69, 9.17) is 38.5 Å². The predicted octanol–water partition coefficient (Wildman–Crippen LogP) is 7.84. The summed E-state index contributed by atoms with van der Waals surface area (Å²) in [5.74, 6) is -6.99. The number of ether oxygens (including phenoxy) is 4. The average molecular weight is 699 g/mol. The highest BCUT2D eigenvalue weighted by Crippen LogP contribution is 2.64. The van der Waals surface area contributed by atoms with Gasteiger partial charge in [0.25, 0.3) is 0 Å². The van der Waals surface area contributed by atoms with Gasteiger partial charge in [-0.1, -0.05) is 13.8 Å². The quantitative estimate of drug-likeness (QED) is 0.216. The summed E-state index contributed by atoms with van der Waals surface area (Å²) >= 11 is 0.978. The molecular formula is C32H40F6O8S. The first-order valence-electron chi connectivity index (χ1n) is 16.6. The van der Waals surface area contributed by atoms with Crippen LogP contribution in [0.4, 0.5) is 26.3 Å². The summed E-state index contributed by atoms with van der Waals surface area (Å²) in [7, 11) is 0. The summed E-state index contributed by atoms with van der Waals surface area (Å²) in [5, 5.41) is 0. The van der Waals surface area contributed by atoms with Crippen molar-refractivity contribution in [2.75, 3.05) is 11.5 Å². The molecule has 0 aromatic heterocycles. The Balaban J connectivity index is 1.15. The second kappa shape index (κ2) is 10.6. The van der Waals surface area contributed by atoms with Crippen molar-refractivity contribution in [1.29, 1.82) is 0 Å². The molecule has 47 heavy (non-hydrogen) atoms. The minimum Gasteiger partial charge on any atom is -0.456 e. The van der Waals surface area contributed by atoms with Gasteiger partial charge >= 0.3 is 12.4 Å². The number of thioether (sulfide) groups is 1. The molecule has 8 nitrogen and oxygen atoms in total. The molecule has 0 N–H and O–H groups in total. The minimum absolute atomic E-state index is 0.0451. The van der Waals surface area contributed by atoms with E-state index in [0.717, 1.165) is 11.8 Å². The molecule has 8 fully saturated rings. The number of halogens is 6. The molecule has 0 aromatic carbocycles. The van der Waals surface area contributed by atoms with E-state index in [9.17, 15) is 26.3 Å². The molecule has 8 heterocycles. The van der Waals surface area contributed by atoms with Crippen LogP contribution < -0.4 is 0 Å². The molecule has 10 aliphatic rings. The van der Waals surface area contributed by atoms with Crippen LogP contribution in [0.15, 0.2) is 22.7 Å². The SMILES string of the molecule is C[C@@H]1CC[C@H]2C(CSCC3=C(C(F)(F)F)O[C@@H]4O[C@]5(C)CCC6[C@H](C)CC[C@@H]3[C@]64OO5)=C(C(F)(F)F)O[C@@H]3O[C@@]4(C)CCC1[C@]32OO4. The Labute approximate surface area is 273 Å². The Morgan fingerprint density at radius 3 is 1.40 bits per heavy atom. The number of rotatable bonds is 4. The Hall–Kier alpha value is -1.23. The average Bonchev–Trinajstić information content (AvgIpc) is 3.36. The van der Waals surface area contributed by atoms with Crippen LogP contribution >= 0.6 is 11.8 Å². The van der Waals surface area contributed by atoms with Gasteiger partial charge in [0.15, 0.2) is 11.2 Å². The maximum absolute atomic E-state index is 14.7. The van der Waals surface area contributed by atoms with E-state index in [-0.39, 0.29) is 46.3 Å². The van der Waals surface area contributed by atoms with Crippen LogP contribution in [-0.4, -0.2) is 59.2 Å². The molecule has 2 saturated carbocycles. The Morgan fingerprint density at radius 1 is 0.617 bits per heavy atom. The van der Waals surface area contributed by atoms with Crippen LogP contribution in [0.3, 0.4) is 0 Å². The molecule has 8 aliphatic heterocycles. The summed E-state index contributed by atoms with van der Waals surface area (Å²) in [6.45, 7) is 7.35. The lowest BCUT2D eigenvalue weighted by atomic mass is 9.59. The van der Waals surface area contributed by atoms with Crippen LogP contribution in [0.2, 0.25) is 0 Å². The zero-order valence-electron chi connectivity index (χ0n) is 26.6. The Bertz CT molecular complexity index is 1270. The molecule has 12 atom stereocenters. The third kappa shape index (κ3) is 4.79. The van der Waals surface area contributed by atoms with Gasteiger partial charge in [-0.15, -0.1) is 0 Å². The fraction of sp³-hybridized carbons (Fsp3) is 0.875. The van der Waals surface area contributed by atoms with Crippen molar-refractivity contribution in [2.45, 2.75) is 127 Å². The topological polar surface area (TPSA) is 73.8 Å². The first-order valence-corrected chi connectivity index (χ1v) is 17.8. The highest BCUT2D eigenvalue weighted by Gasteiger charge is 2.72. The molecular weight excluding hydrogens is 658 g/mol. The normalized spacial score (nSPS) is 49.1. The number of fused-ring (bicyclic) bond motifs is 4. The lowest BCUT2D eigenvalue weighted by Crippen LogP contribution is -2.67. The van der Waals surface area contributed by atoms with Crippen molar-refractivity contribution in [1.82, 2.24) is 0 Å². The number of allylic oxidation sites excluding steroid dienone is 2. The van der Waals surface area contributed by atoms with Crippen molar-refractivity contribution in [3.05, 3.63) is 22.7 Å². The summed E-state index contributed by atoms with van der Waals surface area (Å²) in [6, 6.07) is 0. The predicted molar refractivity (Wildman–Crippen MR) is 151 cm³/mol. The summed E-state index contributed by atoms with van der Waals surface area (Å²) in [5.41, 5.74) is -2.70. The van der Waals surface area contributed by atoms with Gasteiger partial charge in [0.2, 0.25) is 35.7 Å². The molecule has 2 aliphatic carbocycles. The molecule has 2 spiro atoms. The maximum Gasteiger partial charge on any atom is 0.449 e. The highest BCUT2D eigenvalue weighted by atomic mass is 32.2. The van der Waals surface area contributed by atoms with Crippen molar-refractivity contribution < 1.29 is 64.8 Å². The van der Waals surface area contributed by atoms with Gasteiger partial charge in [-0.25, -0.2) is 19.6 Å². The first kappa shape index (κ1) is 32.9. The van der Waals surface area contributed by atoms with Crippen LogP contribution in [0.1, 0.15) is 79.1 Å². The van der Waals surface area contributed by atoms with Crippen molar-refractivity contribution in [2.24, 2.45) is 35.5 Å². The monoisotopic (exact) mass is 698 g/mol. The lowest BCUT2D eigenvalue weighted by Gasteiger charge is -2.58. The molecule has 10 rings (SSSR count). The van der Waals surface area contributed by atoms with Gasteiger partial charge in [-0.2, -0.15) is 38.1 Å². The molecule has 4 bridgehead atoms. The van der Waals surface area contributed by atoms with E-state index in [1.54, 1.807) is 13.8 Å². The molecule has 0 radical (unpaired) electrons. The maximum atomic E-state index is 14.7. The zero-order chi connectivity index (χ0) is 33.4. The Morgan fingerprint density at radius 2 is 1.02 bits per heavy atom. The van der Waals surface area contributed by atoms with Crippen molar-refractivity contribution >= 4 is 11.8 Å². The number of hydrogen-bond donors (Lipinski definition) is 0. The molecule has 264 valence electrons. The second-order valence-electron chi connectivity index (χ2n) is 15.1. The summed E-state index contributed by atoms with van der Waals surface area (Å²) in [4.78, 5) is 23.6. The van der Waals surface area contributed by atoms with Gasteiger partial charge in [-0.3, -0.25) is 0 Å². The Kier molecular flexibility index (Phi) is 7.46. The van der Waals surface area contributed by atoms with E-state index in [1.807, 2.05) is 13.8 Å². The fourth-order valence-corrected chi connectivity index (χ4v) is 11.3. The van der Waals surface area contributed by atoms with Crippen molar-refractivity contribution in [3.8, 4) is 0 Å². The summed E-state index contributed by atoms with van der Waals surface area (Å²) < 4.78 is 112. The van der Waals surface area contributed by atoms with E-state index in [0.29, 0.717) is 51.4 Å². The zero-order valence-corrected chi connectivity index (χ0v) is 27.4. The second-order valence-corrected chi connectivity index (χ2v) is 16.1. The van der Waals surface area contributed by atoms with Crippen LogP contribution in [0, 0.1) is 35.5 Å².